The van der Waals surface area contributed by atoms with Crippen molar-refractivity contribution >= 4 is 56.1 Å². The maximum atomic E-state index is 13.4. The van der Waals surface area contributed by atoms with E-state index in [1.54, 1.807) is 61.2 Å². The molecule has 0 radical (unpaired) electrons. The number of benzene rings is 3. The van der Waals surface area contributed by atoms with E-state index in [0.29, 0.717) is 28.9 Å². The summed E-state index contributed by atoms with van der Waals surface area (Å²) in [5, 5.41) is 5.71. The molecule has 0 fully saturated rings. The minimum Gasteiger partial charge on any atom is -0.398 e. The van der Waals surface area contributed by atoms with Crippen LogP contribution in [0.2, 0.25) is 0 Å². The number of amides is 1. The molecule has 1 atom stereocenters. The summed E-state index contributed by atoms with van der Waals surface area (Å²) < 4.78 is 26.0. The Balaban J connectivity index is 1.57. The van der Waals surface area contributed by atoms with Crippen LogP contribution in [0.1, 0.15) is 43.8 Å². The molecular weight excluding hydrogens is 536 g/mol. The Labute approximate surface area is 231 Å². The number of carbonyl (C=O) groups excluding carboxylic acids is 3. The number of nitrogen functional groups attached to an aromatic ring is 1. The van der Waals surface area contributed by atoms with E-state index in [9.17, 15) is 22.8 Å². The molecule has 204 valence electrons. The van der Waals surface area contributed by atoms with Gasteiger partial charge in [0.1, 0.15) is 0 Å². The summed E-state index contributed by atoms with van der Waals surface area (Å²) in [6.07, 6.45) is 2.42. The number of nitrogens with two attached hydrogens (primary N) is 2. The topological polar surface area (TPSA) is 161 Å². The van der Waals surface area contributed by atoms with Crippen LogP contribution in [-0.4, -0.2) is 56.2 Å². The summed E-state index contributed by atoms with van der Waals surface area (Å²) in [7, 11) is -3.75. The molecule has 9 nitrogen and oxygen atoms in total. The number of fused-ring (bicyclic) bond motifs is 2. The van der Waals surface area contributed by atoms with E-state index in [1.807, 2.05) is 6.26 Å². The molecule has 0 bridgehead atoms. The molecule has 1 aliphatic carbocycles. The summed E-state index contributed by atoms with van der Waals surface area (Å²) in [5.74, 6) is -0.646. The number of thioether (sulfide) groups is 1. The second-order valence-electron chi connectivity index (χ2n) is 9.26. The van der Waals surface area contributed by atoms with Crippen LogP contribution in [0, 0.1) is 6.92 Å². The van der Waals surface area contributed by atoms with Gasteiger partial charge in [0.2, 0.25) is 5.91 Å². The number of nitrogens with one attached hydrogen (secondary N) is 2. The van der Waals surface area contributed by atoms with E-state index in [0.717, 1.165) is 5.75 Å². The van der Waals surface area contributed by atoms with Crippen molar-refractivity contribution in [3.05, 3.63) is 82.4 Å². The summed E-state index contributed by atoms with van der Waals surface area (Å²) in [5.41, 5.74) is 14.5. The molecule has 0 aromatic heterocycles. The van der Waals surface area contributed by atoms with Crippen molar-refractivity contribution in [2.45, 2.75) is 24.3 Å². The van der Waals surface area contributed by atoms with Crippen LogP contribution in [0.15, 0.2) is 59.5 Å². The second kappa shape index (κ2) is 11.6. The van der Waals surface area contributed by atoms with Crippen LogP contribution in [0.25, 0.3) is 0 Å². The van der Waals surface area contributed by atoms with Gasteiger partial charge in [-0.3, -0.25) is 14.4 Å². The highest BCUT2D eigenvalue weighted by Gasteiger charge is 2.34. The Hall–Kier alpha value is -3.67. The van der Waals surface area contributed by atoms with Crippen LogP contribution in [-0.2, 0) is 14.6 Å². The molecule has 11 heteroatoms. The van der Waals surface area contributed by atoms with E-state index >= 15 is 0 Å². The largest absolute Gasteiger partial charge is 0.398 e. The zero-order valence-corrected chi connectivity index (χ0v) is 23.2. The number of aryl methyl sites for hydroxylation is 1. The third kappa shape index (κ3) is 5.85. The van der Waals surface area contributed by atoms with Gasteiger partial charge in [-0.2, -0.15) is 11.8 Å². The van der Waals surface area contributed by atoms with Crippen LogP contribution < -0.4 is 22.1 Å². The number of ketones is 2. The van der Waals surface area contributed by atoms with Gasteiger partial charge in [0, 0.05) is 29.0 Å². The SMILES string of the molecule is CSCCC(N)C(=O)NCCS(=O)(=O)c1cccc(Nc2cc(C)c(N)c3c2C(=O)c2ccccc2C3=O)c1. The highest BCUT2D eigenvalue weighted by Crippen LogP contribution is 2.38. The number of carbonyl (C=O) groups is 3. The molecule has 1 amide bonds. The minimum atomic E-state index is -3.75. The standard InChI is InChI=1S/C28H30N4O5S2/c1-16-14-22(23-24(25(16)30)27(34)20-9-4-3-8-19(20)26(23)33)32-17-6-5-7-18(15-17)39(36,37)13-11-31-28(35)21(29)10-12-38-2/h3-9,14-15,21,32H,10-13,29-30H2,1-2H3,(H,31,35). The lowest BCUT2D eigenvalue weighted by molar-refractivity contribution is -0.122. The first-order valence-corrected chi connectivity index (χ1v) is 15.3. The predicted molar refractivity (Wildman–Crippen MR) is 155 cm³/mol. The lowest BCUT2D eigenvalue weighted by Crippen LogP contribution is -2.42. The van der Waals surface area contributed by atoms with Crippen LogP contribution in [0.4, 0.5) is 17.1 Å². The second-order valence-corrected chi connectivity index (χ2v) is 12.4. The average Bonchev–Trinajstić information content (AvgIpc) is 2.92. The summed E-state index contributed by atoms with van der Waals surface area (Å²) >= 11 is 1.58. The van der Waals surface area contributed by atoms with Crippen molar-refractivity contribution in [3.8, 4) is 0 Å². The summed E-state index contributed by atoms with van der Waals surface area (Å²) in [6, 6.07) is 13.7. The van der Waals surface area contributed by atoms with Crippen LogP contribution in [0.5, 0.6) is 0 Å². The first-order chi connectivity index (χ1) is 18.5. The van der Waals surface area contributed by atoms with Gasteiger partial charge >= 0.3 is 0 Å². The van der Waals surface area contributed by atoms with Gasteiger partial charge in [-0.25, -0.2) is 8.42 Å². The fourth-order valence-electron chi connectivity index (χ4n) is 4.41. The van der Waals surface area contributed by atoms with E-state index in [2.05, 4.69) is 10.6 Å². The molecule has 39 heavy (non-hydrogen) atoms. The van der Waals surface area contributed by atoms with E-state index in [-0.39, 0.29) is 57.0 Å². The molecule has 0 saturated heterocycles. The Morgan fingerprint density at radius 2 is 1.67 bits per heavy atom. The van der Waals surface area contributed by atoms with Gasteiger partial charge < -0.3 is 22.1 Å². The molecule has 0 saturated carbocycles. The number of rotatable bonds is 10. The molecule has 0 spiro atoms. The fourth-order valence-corrected chi connectivity index (χ4v) is 6.10. The zero-order chi connectivity index (χ0) is 28.3. The molecule has 3 aromatic rings. The molecular formula is C28H30N4O5S2. The Bertz CT molecular complexity index is 1570. The van der Waals surface area contributed by atoms with Crippen molar-refractivity contribution in [2.75, 3.05) is 35.4 Å². The molecule has 0 aliphatic heterocycles. The van der Waals surface area contributed by atoms with Gasteiger partial charge in [-0.15, -0.1) is 0 Å². The van der Waals surface area contributed by atoms with E-state index in [4.69, 9.17) is 11.5 Å². The third-order valence-corrected chi connectivity index (χ3v) is 8.91. The maximum Gasteiger partial charge on any atom is 0.236 e. The van der Waals surface area contributed by atoms with Crippen LogP contribution in [0.3, 0.4) is 0 Å². The predicted octanol–water partition coefficient (Wildman–Crippen LogP) is 3.07. The number of hydrogen-bond donors (Lipinski definition) is 4. The lowest BCUT2D eigenvalue weighted by Gasteiger charge is -2.23. The van der Waals surface area contributed by atoms with Gasteiger partial charge in [0.25, 0.3) is 0 Å². The highest BCUT2D eigenvalue weighted by atomic mass is 32.2. The van der Waals surface area contributed by atoms with Crippen molar-refractivity contribution in [2.24, 2.45) is 5.73 Å². The van der Waals surface area contributed by atoms with E-state index < -0.39 is 15.9 Å². The Morgan fingerprint density at radius 1 is 1.00 bits per heavy atom. The molecule has 4 rings (SSSR count). The third-order valence-electron chi connectivity index (χ3n) is 6.56. The smallest absolute Gasteiger partial charge is 0.236 e. The van der Waals surface area contributed by atoms with Gasteiger partial charge in [0.15, 0.2) is 21.4 Å². The quantitative estimate of drug-likeness (QED) is 0.211. The molecule has 1 unspecified atom stereocenters. The maximum absolute atomic E-state index is 13.4. The highest BCUT2D eigenvalue weighted by molar-refractivity contribution is 7.98. The fraction of sp³-hybridized carbons (Fsp3) is 0.250. The molecule has 0 heterocycles. The zero-order valence-electron chi connectivity index (χ0n) is 21.6. The Morgan fingerprint density at radius 3 is 2.33 bits per heavy atom. The van der Waals surface area contributed by atoms with Gasteiger partial charge in [-0.05, 0) is 55.2 Å². The number of hydrogen-bond acceptors (Lipinski definition) is 9. The number of anilines is 3. The normalized spacial score (nSPS) is 13.4. The summed E-state index contributed by atoms with van der Waals surface area (Å²) in [4.78, 5) is 38.9. The summed E-state index contributed by atoms with van der Waals surface area (Å²) in [6.45, 7) is 1.66. The van der Waals surface area contributed by atoms with Crippen LogP contribution >= 0.6 is 11.8 Å². The lowest BCUT2D eigenvalue weighted by atomic mass is 9.81. The van der Waals surface area contributed by atoms with Crippen molar-refractivity contribution in [3.63, 3.8) is 0 Å². The van der Waals surface area contributed by atoms with E-state index in [1.165, 1.54) is 12.1 Å². The molecule has 3 aromatic carbocycles. The van der Waals surface area contributed by atoms with Gasteiger partial charge in [0.05, 0.1) is 33.5 Å². The minimum absolute atomic E-state index is 0.0437. The molecule has 6 N–H and O–H groups in total. The monoisotopic (exact) mass is 566 g/mol. The average molecular weight is 567 g/mol. The first kappa shape index (κ1) is 28.3. The van der Waals surface area contributed by atoms with Gasteiger partial charge in [-0.1, -0.05) is 30.3 Å². The Kier molecular flexibility index (Phi) is 8.43. The van der Waals surface area contributed by atoms with Crippen molar-refractivity contribution in [1.82, 2.24) is 5.32 Å². The van der Waals surface area contributed by atoms with Crippen molar-refractivity contribution in [1.29, 1.82) is 0 Å². The molecule has 1 aliphatic rings. The van der Waals surface area contributed by atoms with Crippen molar-refractivity contribution < 1.29 is 22.8 Å². The first-order valence-electron chi connectivity index (χ1n) is 12.3. The number of sulfone groups is 1.